The Morgan fingerprint density at radius 3 is 1.87 bits per heavy atom. The van der Waals surface area contributed by atoms with Crippen LogP contribution in [0.2, 0.25) is 0 Å². The summed E-state index contributed by atoms with van der Waals surface area (Å²) in [5.74, 6) is -2.80. The fraction of sp³-hybridized carbons (Fsp3) is 0.200. The van der Waals surface area contributed by atoms with Crippen molar-refractivity contribution < 1.29 is 33.5 Å². The smallest absolute Gasteiger partial charge is 0.377 e. The molecular formula is C35H30N2O7S. The SMILES string of the molecule is CC(=O)NC1CON(C2(C(=O)OC(c3ccccc3)c3ccccc3)OC(=O)CC2Sc2ccccc2)C1=O.c1cc2ccc1=2. The summed E-state index contributed by atoms with van der Waals surface area (Å²) in [7, 11) is 0. The van der Waals surface area contributed by atoms with E-state index in [1.165, 1.54) is 29.1 Å². The summed E-state index contributed by atoms with van der Waals surface area (Å²) in [6, 6.07) is 34.8. The number of hydrogen-bond donors (Lipinski definition) is 1. The van der Waals surface area contributed by atoms with E-state index >= 15 is 0 Å². The third kappa shape index (κ3) is 6.20. The Morgan fingerprint density at radius 2 is 1.38 bits per heavy atom. The number of ether oxygens (including phenoxy) is 2. The molecule has 3 aromatic rings. The molecule has 2 fully saturated rings. The first-order valence-corrected chi connectivity index (χ1v) is 15.3. The first kappa shape index (κ1) is 30.1. The van der Waals surface area contributed by atoms with E-state index in [0.29, 0.717) is 11.1 Å². The van der Waals surface area contributed by atoms with Gasteiger partial charge in [0.25, 0.3) is 5.91 Å². The van der Waals surface area contributed by atoms with E-state index in [9.17, 15) is 19.2 Å². The number of nitrogens with zero attached hydrogens (tertiary/aromatic N) is 1. The van der Waals surface area contributed by atoms with Crippen LogP contribution >= 0.6 is 11.8 Å². The summed E-state index contributed by atoms with van der Waals surface area (Å²) in [4.78, 5) is 58.6. The number of amides is 2. The van der Waals surface area contributed by atoms with Crippen LogP contribution in [0.4, 0.5) is 0 Å². The number of carbonyl (C=O) groups excluding carboxylic acids is 4. The van der Waals surface area contributed by atoms with Gasteiger partial charge in [-0.2, -0.15) is 5.06 Å². The molecule has 2 heterocycles. The van der Waals surface area contributed by atoms with Crippen molar-refractivity contribution in [3.63, 3.8) is 0 Å². The van der Waals surface area contributed by atoms with Gasteiger partial charge < -0.3 is 14.8 Å². The molecule has 10 heteroatoms. The Kier molecular flexibility index (Phi) is 8.68. The average molecular weight is 623 g/mol. The van der Waals surface area contributed by atoms with Crippen molar-refractivity contribution in [1.29, 1.82) is 0 Å². The van der Waals surface area contributed by atoms with Gasteiger partial charge in [0.2, 0.25) is 5.91 Å². The van der Waals surface area contributed by atoms with E-state index in [4.69, 9.17) is 14.3 Å². The molecule has 2 saturated heterocycles. The second-order valence-corrected chi connectivity index (χ2v) is 11.9. The molecule has 2 amide bonds. The van der Waals surface area contributed by atoms with Gasteiger partial charge in [0.05, 0.1) is 11.7 Å². The minimum absolute atomic E-state index is 0.173. The largest absolute Gasteiger partial charge is 0.448 e. The van der Waals surface area contributed by atoms with Crippen LogP contribution in [0.1, 0.15) is 30.6 Å². The molecule has 0 spiro atoms. The van der Waals surface area contributed by atoms with Crippen molar-refractivity contribution in [2.45, 2.75) is 41.4 Å². The van der Waals surface area contributed by atoms with Crippen LogP contribution in [0.25, 0.3) is 0 Å². The fourth-order valence-corrected chi connectivity index (χ4v) is 6.52. The van der Waals surface area contributed by atoms with E-state index in [1.807, 2.05) is 91.0 Å². The predicted molar refractivity (Wildman–Crippen MR) is 165 cm³/mol. The highest BCUT2D eigenvalue weighted by Crippen LogP contribution is 2.45. The number of esters is 2. The molecule has 0 saturated carbocycles. The van der Waals surface area contributed by atoms with Crippen molar-refractivity contribution in [2.75, 3.05) is 6.61 Å². The first-order chi connectivity index (χ1) is 21.8. The van der Waals surface area contributed by atoms with Gasteiger partial charge in [0, 0.05) is 11.8 Å². The van der Waals surface area contributed by atoms with Gasteiger partial charge in [-0.05, 0) is 33.7 Å². The van der Waals surface area contributed by atoms with Crippen molar-refractivity contribution in [3.8, 4) is 0 Å². The minimum atomic E-state index is -2.23. The number of carbonyl (C=O) groups is 4. The highest BCUT2D eigenvalue weighted by molar-refractivity contribution is 8.00. The number of benzene rings is 4. The van der Waals surface area contributed by atoms with Gasteiger partial charge in [0.1, 0.15) is 12.6 Å². The van der Waals surface area contributed by atoms with Crippen molar-refractivity contribution in [3.05, 3.63) is 137 Å². The summed E-state index contributed by atoms with van der Waals surface area (Å²) < 4.78 is 11.8. The van der Waals surface area contributed by atoms with Crippen LogP contribution in [0.15, 0.2) is 120 Å². The van der Waals surface area contributed by atoms with Crippen molar-refractivity contribution >= 4 is 35.5 Å². The molecule has 0 radical (unpaired) electrons. The Bertz CT molecular complexity index is 1720. The quantitative estimate of drug-likeness (QED) is 0.248. The van der Waals surface area contributed by atoms with Gasteiger partial charge in [-0.25, -0.2) is 4.79 Å². The highest BCUT2D eigenvalue weighted by Gasteiger charge is 2.66. The van der Waals surface area contributed by atoms with Crippen LogP contribution in [0, 0.1) is 10.4 Å². The van der Waals surface area contributed by atoms with Crippen LogP contribution in [0.3, 0.4) is 0 Å². The molecule has 228 valence electrons. The van der Waals surface area contributed by atoms with Crippen LogP contribution in [-0.4, -0.2) is 52.4 Å². The summed E-state index contributed by atoms with van der Waals surface area (Å²) in [6.07, 6.45) is -1.03. The lowest BCUT2D eigenvalue weighted by atomic mass is 10.0. The van der Waals surface area contributed by atoms with Gasteiger partial charge >= 0.3 is 17.7 Å². The lowest BCUT2D eigenvalue weighted by Gasteiger charge is -2.37. The highest BCUT2D eigenvalue weighted by atomic mass is 32.2. The summed E-state index contributed by atoms with van der Waals surface area (Å²) in [5.41, 5.74) is -0.855. The molecule has 7 rings (SSSR count). The zero-order valence-electron chi connectivity index (χ0n) is 24.3. The zero-order valence-corrected chi connectivity index (χ0v) is 25.1. The average Bonchev–Trinajstić information content (AvgIpc) is 3.57. The zero-order chi connectivity index (χ0) is 31.4. The maximum absolute atomic E-state index is 14.3. The van der Waals surface area contributed by atoms with Gasteiger partial charge in [0.15, 0.2) is 6.10 Å². The second kappa shape index (κ2) is 13.0. The van der Waals surface area contributed by atoms with E-state index in [0.717, 1.165) is 9.96 Å². The first-order valence-electron chi connectivity index (χ1n) is 14.4. The minimum Gasteiger partial charge on any atom is -0.448 e. The molecule has 2 aliphatic heterocycles. The molecule has 9 nitrogen and oxygen atoms in total. The lowest BCUT2D eigenvalue weighted by Crippen LogP contribution is -2.62. The number of hydroxylamine groups is 2. The molecule has 0 aromatic heterocycles. The Balaban J connectivity index is 0.000000525. The molecule has 45 heavy (non-hydrogen) atoms. The monoisotopic (exact) mass is 622 g/mol. The normalized spacial score (nSPS) is 21.1. The van der Waals surface area contributed by atoms with E-state index in [2.05, 4.69) is 29.6 Å². The van der Waals surface area contributed by atoms with Crippen LogP contribution in [0.5, 0.6) is 0 Å². The molecule has 0 bridgehead atoms. The molecule has 1 N–H and O–H groups in total. The van der Waals surface area contributed by atoms with Crippen molar-refractivity contribution in [2.24, 2.45) is 0 Å². The Morgan fingerprint density at radius 1 is 0.844 bits per heavy atom. The van der Waals surface area contributed by atoms with Crippen LogP contribution in [-0.2, 0) is 33.5 Å². The summed E-state index contributed by atoms with van der Waals surface area (Å²) in [5, 5.41) is 5.24. The van der Waals surface area contributed by atoms with E-state index in [-0.39, 0.29) is 13.0 Å². The number of rotatable bonds is 8. The van der Waals surface area contributed by atoms with E-state index < -0.39 is 46.9 Å². The fourth-order valence-electron chi connectivity index (χ4n) is 5.26. The molecule has 4 aliphatic rings. The van der Waals surface area contributed by atoms with Gasteiger partial charge in [-0.3, -0.25) is 19.2 Å². The summed E-state index contributed by atoms with van der Waals surface area (Å²) in [6.45, 7) is 1.04. The standard InChI is InChI=1S/C29H26N2O7S.C6H4/c1-19(32)30-23-18-36-31(27(23)34)29(24(17-25(33)38-29)39-22-15-9-4-10-16-22)28(35)37-26(20-11-5-2-6-12-20)21-13-7-3-8-14-21;1-2-6-4-3-5(1)6/h2-16,23-24,26H,17-18H2,1H3,(H,30,32);1-4H. The Labute approximate surface area is 263 Å². The van der Waals surface area contributed by atoms with E-state index in [1.54, 1.807) is 0 Å². The second-order valence-electron chi connectivity index (χ2n) is 10.7. The van der Waals surface area contributed by atoms with Gasteiger partial charge in [-0.1, -0.05) is 103 Å². The number of cyclic esters (lactones) is 1. The van der Waals surface area contributed by atoms with Crippen LogP contribution < -0.4 is 5.32 Å². The third-order valence-corrected chi connectivity index (χ3v) is 8.88. The lowest BCUT2D eigenvalue weighted by molar-refractivity contribution is -0.259. The molecule has 2 aliphatic carbocycles. The molecule has 3 aromatic carbocycles. The molecule has 3 atom stereocenters. The number of hydrogen-bond acceptors (Lipinski definition) is 8. The maximum Gasteiger partial charge on any atom is 0.377 e. The topological polar surface area (TPSA) is 111 Å². The van der Waals surface area contributed by atoms with Crippen molar-refractivity contribution in [1.82, 2.24) is 10.4 Å². The summed E-state index contributed by atoms with van der Waals surface area (Å²) >= 11 is 1.21. The van der Waals surface area contributed by atoms with Gasteiger partial charge in [-0.15, -0.1) is 11.8 Å². The number of nitrogens with one attached hydrogen (secondary N) is 1. The third-order valence-electron chi connectivity index (χ3n) is 7.57. The Hall–Kier alpha value is -4.93. The number of thioether (sulfide) groups is 1. The predicted octanol–water partition coefficient (Wildman–Crippen LogP) is 4.69. The molecule has 3 unspecified atom stereocenters. The molecular weight excluding hydrogens is 592 g/mol. The maximum atomic E-state index is 14.3.